The van der Waals surface area contributed by atoms with E-state index in [2.05, 4.69) is 6.92 Å². The van der Waals surface area contributed by atoms with E-state index in [1.807, 2.05) is 13.1 Å². The van der Waals surface area contributed by atoms with Crippen LogP contribution in [0.25, 0.3) is 0 Å². The number of esters is 1. The van der Waals surface area contributed by atoms with Gasteiger partial charge in [-0.25, -0.2) is 4.79 Å². The Hall–Kier alpha value is -1.30. The molecule has 6 fully saturated rings. The monoisotopic (exact) mass is 587 g/mol. The molecule has 4 aliphatic carbocycles. The second-order valence-corrected chi connectivity index (χ2v) is 15.7. The van der Waals surface area contributed by atoms with Gasteiger partial charge in [0.2, 0.25) is 6.29 Å². The highest BCUT2D eigenvalue weighted by molar-refractivity contribution is 8.01. The molecule has 0 aromatic rings. The van der Waals surface area contributed by atoms with Crippen molar-refractivity contribution in [1.82, 2.24) is 0 Å². The number of aliphatic hydroxyl groups is 2. The number of hydrogen-bond donors (Lipinski definition) is 2. The molecule has 4 saturated carbocycles. The molecule has 8 aliphatic rings. The number of cyclic esters (lactones) is 1. The van der Waals surface area contributed by atoms with Crippen LogP contribution in [0, 0.1) is 34.5 Å². The van der Waals surface area contributed by atoms with Gasteiger partial charge in [0, 0.05) is 35.3 Å². The van der Waals surface area contributed by atoms with E-state index in [-0.39, 0.29) is 47.3 Å². The number of hydrogen-bond acceptors (Lipinski definition) is 10. The second-order valence-electron chi connectivity index (χ2n) is 14.4. The van der Waals surface area contributed by atoms with E-state index in [4.69, 9.17) is 23.9 Å². The summed E-state index contributed by atoms with van der Waals surface area (Å²) < 4.78 is 24.5. The van der Waals surface area contributed by atoms with Gasteiger partial charge in [0.25, 0.3) is 5.79 Å². The number of ether oxygens (including phenoxy) is 4. The lowest BCUT2D eigenvalue weighted by atomic mass is 9.42. The lowest BCUT2D eigenvalue weighted by Gasteiger charge is -2.65. The van der Waals surface area contributed by atoms with Crippen molar-refractivity contribution in [1.29, 1.82) is 0 Å². The van der Waals surface area contributed by atoms with Crippen LogP contribution in [-0.4, -0.2) is 81.9 Å². The summed E-state index contributed by atoms with van der Waals surface area (Å²) in [5.41, 5.74) is -0.925. The van der Waals surface area contributed by atoms with Crippen molar-refractivity contribution in [3.8, 4) is 0 Å². The van der Waals surface area contributed by atoms with Crippen LogP contribution in [0.5, 0.6) is 0 Å². The van der Waals surface area contributed by atoms with Crippen molar-refractivity contribution in [3.05, 3.63) is 11.6 Å². The van der Waals surface area contributed by atoms with Gasteiger partial charge >= 0.3 is 5.97 Å². The van der Waals surface area contributed by atoms with Gasteiger partial charge in [-0.2, -0.15) is 0 Å². The largest absolute Gasteiger partial charge is 0.458 e. The molecule has 0 radical (unpaired) electrons. The molecule has 13 atom stereocenters. The summed E-state index contributed by atoms with van der Waals surface area (Å²) in [7, 11) is 0. The Morgan fingerprint density at radius 1 is 1.07 bits per heavy atom. The van der Waals surface area contributed by atoms with Crippen molar-refractivity contribution in [2.45, 2.75) is 112 Å². The van der Waals surface area contributed by atoms with Gasteiger partial charge in [-0.15, -0.1) is 11.8 Å². The average molecular weight is 588 g/mol. The van der Waals surface area contributed by atoms with E-state index in [1.54, 1.807) is 17.8 Å². The maximum atomic E-state index is 13.3. The zero-order valence-electron chi connectivity index (χ0n) is 23.8. The van der Waals surface area contributed by atoms with Crippen LogP contribution in [0.4, 0.5) is 0 Å². The minimum Gasteiger partial charge on any atom is -0.458 e. The number of thioether (sulfide) groups is 1. The van der Waals surface area contributed by atoms with Gasteiger partial charge in [-0.3, -0.25) is 4.99 Å². The van der Waals surface area contributed by atoms with E-state index < -0.39 is 34.1 Å². The first-order valence-electron chi connectivity index (χ1n) is 15.5. The number of fused-ring (bicyclic) bond motifs is 8. The second kappa shape index (κ2) is 8.88. The molecule has 8 rings (SSSR count). The Morgan fingerprint density at radius 2 is 1.93 bits per heavy atom. The molecule has 0 aromatic carbocycles. The Bertz CT molecular complexity index is 1230. The summed E-state index contributed by atoms with van der Waals surface area (Å²) in [5.74, 6) is -1.08. The number of aldehydes is 1. The molecule has 224 valence electrons. The molecule has 0 bridgehead atoms. The van der Waals surface area contributed by atoms with Crippen LogP contribution in [0.15, 0.2) is 16.6 Å². The third kappa shape index (κ3) is 3.41. The minimum absolute atomic E-state index is 0.0107. The van der Waals surface area contributed by atoms with Crippen LogP contribution >= 0.6 is 11.8 Å². The van der Waals surface area contributed by atoms with Crippen LogP contribution in [0.2, 0.25) is 0 Å². The molecular weight excluding hydrogens is 546 g/mol. The topological polar surface area (TPSA) is 124 Å². The maximum Gasteiger partial charge on any atom is 0.331 e. The summed E-state index contributed by atoms with van der Waals surface area (Å²) in [6, 6.07) is 0. The minimum atomic E-state index is -1.74. The van der Waals surface area contributed by atoms with Gasteiger partial charge in [-0.1, -0.05) is 6.92 Å². The summed E-state index contributed by atoms with van der Waals surface area (Å²) in [4.78, 5) is 29.1. The van der Waals surface area contributed by atoms with E-state index in [9.17, 15) is 19.8 Å². The van der Waals surface area contributed by atoms with Crippen LogP contribution in [0.1, 0.15) is 71.6 Å². The Kier molecular flexibility index (Phi) is 5.91. The number of carbonyl (C=O) groups is 2. The molecule has 2 N–H and O–H groups in total. The molecular formula is C31H41NO8S. The predicted molar refractivity (Wildman–Crippen MR) is 149 cm³/mol. The molecule has 0 aromatic heterocycles. The highest BCUT2D eigenvalue weighted by Crippen LogP contribution is 2.70. The Balaban J connectivity index is 1.10. The third-order valence-corrected chi connectivity index (χ3v) is 14.2. The van der Waals surface area contributed by atoms with Crippen LogP contribution in [-0.2, 0) is 28.5 Å². The van der Waals surface area contributed by atoms with E-state index in [0.29, 0.717) is 38.0 Å². The summed E-state index contributed by atoms with van der Waals surface area (Å²) in [6.07, 6.45) is 9.34. The van der Waals surface area contributed by atoms with Gasteiger partial charge in [0.15, 0.2) is 4.87 Å². The van der Waals surface area contributed by atoms with Crippen molar-refractivity contribution >= 4 is 30.2 Å². The number of carbonyl (C=O) groups excluding carboxylic acids is 2. The number of nitrogens with zero attached hydrogens (tertiary/aromatic N) is 1. The molecule has 3 unspecified atom stereocenters. The normalized spacial score (nSPS) is 57.2. The van der Waals surface area contributed by atoms with Crippen molar-refractivity contribution in [2.24, 2.45) is 39.5 Å². The molecule has 4 heterocycles. The highest BCUT2D eigenvalue weighted by atomic mass is 32.2. The molecule has 4 aliphatic heterocycles. The summed E-state index contributed by atoms with van der Waals surface area (Å²) in [5, 5.41) is 24.6. The fourth-order valence-corrected chi connectivity index (χ4v) is 12.3. The van der Waals surface area contributed by atoms with Gasteiger partial charge in [0.05, 0.1) is 23.9 Å². The molecule has 2 saturated heterocycles. The van der Waals surface area contributed by atoms with E-state index >= 15 is 0 Å². The van der Waals surface area contributed by atoms with Crippen molar-refractivity contribution in [3.63, 3.8) is 0 Å². The summed E-state index contributed by atoms with van der Waals surface area (Å²) in [6.45, 7) is 4.49. The Morgan fingerprint density at radius 3 is 2.66 bits per heavy atom. The quantitative estimate of drug-likeness (QED) is 0.285. The number of rotatable bonds is 2. The Labute approximate surface area is 244 Å². The fraction of sp³-hybridized carbons (Fsp3) is 0.839. The first kappa shape index (κ1) is 27.3. The van der Waals surface area contributed by atoms with E-state index in [1.165, 1.54) is 6.29 Å². The van der Waals surface area contributed by atoms with Crippen LogP contribution in [0.3, 0.4) is 0 Å². The molecule has 0 amide bonds. The number of aliphatic imine (C=N–C) groups is 1. The molecule has 10 heteroatoms. The predicted octanol–water partition coefficient (Wildman–Crippen LogP) is 3.15. The third-order valence-electron chi connectivity index (χ3n) is 12.9. The SMILES string of the molecule is C[C@@H]1CC2(N=CCS2)C2(O)O[C@@H]3C[C@]4(C=O)C5CC[C@]6(C)[C@@H](C7=CC(=O)OC7)CC[C@]6(O)[C@@H]5CC[C@H]4C[C@H]3O[C@@H]2O1. The molecule has 9 nitrogen and oxygen atoms in total. The molecule has 1 spiro atoms. The lowest BCUT2D eigenvalue weighted by Crippen LogP contribution is -2.73. The van der Waals surface area contributed by atoms with Gasteiger partial charge in [0.1, 0.15) is 12.9 Å². The smallest absolute Gasteiger partial charge is 0.331 e. The van der Waals surface area contributed by atoms with E-state index in [0.717, 1.165) is 37.7 Å². The first-order valence-corrected chi connectivity index (χ1v) is 16.5. The van der Waals surface area contributed by atoms with Gasteiger partial charge < -0.3 is 34.0 Å². The zero-order chi connectivity index (χ0) is 28.4. The van der Waals surface area contributed by atoms with Crippen molar-refractivity contribution in [2.75, 3.05) is 12.4 Å². The fourth-order valence-electron chi connectivity index (χ4n) is 11.0. The summed E-state index contributed by atoms with van der Waals surface area (Å²) >= 11 is 1.56. The first-order chi connectivity index (χ1) is 19.6. The highest BCUT2D eigenvalue weighted by Gasteiger charge is 2.72. The standard InChI is InChI=1S/C31H41NO8S/c1-17-13-30(32-9-10-41-30)31(36)26(38-17)39-23-12-19-3-4-22-21(28(19,16-33)14-24(23)40-31)5-7-27(2)20(6-8-29(22,27)35)18-11-25(34)37-15-18/h9,11,16-17,19-24,26,35-36H,3-8,10,12-15H2,1-2H3/t17-,19+,20-,21?,22-,23-,24-,26+,27-,28-,29+,30?,31?/m1/s1. The zero-order valence-corrected chi connectivity index (χ0v) is 24.6. The maximum absolute atomic E-state index is 13.3. The lowest BCUT2D eigenvalue weighted by molar-refractivity contribution is -0.445. The molecule has 41 heavy (non-hydrogen) atoms. The van der Waals surface area contributed by atoms with Crippen molar-refractivity contribution < 1.29 is 38.7 Å². The van der Waals surface area contributed by atoms with Crippen LogP contribution < -0.4 is 0 Å². The average Bonchev–Trinajstić information content (AvgIpc) is 3.65. The van der Waals surface area contributed by atoms with Gasteiger partial charge in [-0.05, 0) is 87.5 Å².